The molecule has 0 amide bonds. The average molecular weight is 259 g/mol. The standard InChI is InChI=1S/C14H17N3O2/c1-18-12-5-4-10(9-13(12)19-2)8-11(15)14-16-6-3-7-17-14/h3-7,9,11H,8,15H2,1-2H3. The first kappa shape index (κ1) is 13.3. The van der Waals surface area contributed by atoms with Gasteiger partial charge in [-0.25, -0.2) is 9.97 Å². The molecule has 5 heteroatoms. The molecule has 1 heterocycles. The quantitative estimate of drug-likeness (QED) is 0.885. The van der Waals surface area contributed by atoms with Crippen LogP contribution in [0.1, 0.15) is 17.4 Å². The molecule has 0 saturated heterocycles. The van der Waals surface area contributed by atoms with Crippen LogP contribution < -0.4 is 15.2 Å². The monoisotopic (exact) mass is 259 g/mol. The predicted octanol–water partition coefficient (Wildman–Crippen LogP) is 1.74. The third-order valence-electron chi connectivity index (χ3n) is 2.82. The van der Waals surface area contributed by atoms with Crippen molar-refractivity contribution in [1.82, 2.24) is 9.97 Å². The number of aromatic nitrogens is 2. The number of nitrogens with zero attached hydrogens (tertiary/aromatic N) is 2. The number of benzene rings is 1. The van der Waals surface area contributed by atoms with Crippen LogP contribution in [0, 0.1) is 0 Å². The summed E-state index contributed by atoms with van der Waals surface area (Å²) in [6.45, 7) is 0. The SMILES string of the molecule is COc1ccc(CC(N)c2ncccn2)cc1OC. The van der Waals surface area contributed by atoms with E-state index < -0.39 is 0 Å². The summed E-state index contributed by atoms with van der Waals surface area (Å²) in [6, 6.07) is 7.28. The fraction of sp³-hybridized carbons (Fsp3) is 0.286. The van der Waals surface area contributed by atoms with Crippen molar-refractivity contribution in [2.45, 2.75) is 12.5 Å². The molecular weight excluding hydrogens is 242 g/mol. The van der Waals surface area contributed by atoms with Crippen molar-refractivity contribution < 1.29 is 9.47 Å². The maximum Gasteiger partial charge on any atom is 0.160 e. The minimum Gasteiger partial charge on any atom is -0.493 e. The van der Waals surface area contributed by atoms with Gasteiger partial charge in [0.25, 0.3) is 0 Å². The molecular formula is C14H17N3O2. The molecule has 0 aliphatic heterocycles. The van der Waals surface area contributed by atoms with Gasteiger partial charge in [-0.3, -0.25) is 0 Å². The Bertz CT molecular complexity index is 531. The normalized spacial score (nSPS) is 11.9. The summed E-state index contributed by atoms with van der Waals surface area (Å²) in [5.74, 6) is 2.04. The predicted molar refractivity (Wildman–Crippen MR) is 72.2 cm³/mol. The zero-order chi connectivity index (χ0) is 13.7. The third kappa shape index (κ3) is 3.20. The summed E-state index contributed by atoms with van der Waals surface area (Å²) in [4.78, 5) is 8.32. The van der Waals surface area contributed by atoms with Gasteiger partial charge in [0.15, 0.2) is 11.5 Å². The molecule has 1 atom stereocenters. The van der Waals surface area contributed by atoms with Crippen molar-refractivity contribution >= 4 is 0 Å². The summed E-state index contributed by atoms with van der Waals surface area (Å²) in [5, 5.41) is 0. The maximum atomic E-state index is 6.09. The molecule has 2 rings (SSSR count). The Balaban J connectivity index is 2.15. The molecule has 0 radical (unpaired) electrons. The second kappa shape index (κ2) is 6.15. The van der Waals surface area contributed by atoms with Crippen molar-refractivity contribution in [2.24, 2.45) is 5.73 Å². The lowest BCUT2D eigenvalue weighted by Crippen LogP contribution is -2.16. The van der Waals surface area contributed by atoms with E-state index in [2.05, 4.69) is 9.97 Å². The van der Waals surface area contributed by atoms with Gasteiger partial charge in [0, 0.05) is 12.4 Å². The molecule has 100 valence electrons. The number of methoxy groups -OCH3 is 2. The van der Waals surface area contributed by atoms with E-state index in [1.807, 2.05) is 18.2 Å². The Morgan fingerprint density at radius 2 is 1.79 bits per heavy atom. The topological polar surface area (TPSA) is 70.3 Å². The summed E-state index contributed by atoms with van der Waals surface area (Å²) in [7, 11) is 3.23. The highest BCUT2D eigenvalue weighted by Gasteiger charge is 2.11. The van der Waals surface area contributed by atoms with Crippen LogP contribution in [0.25, 0.3) is 0 Å². The van der Waals surface area contributed by atoms with E-state index in [1.54, 1.807) is 32.7 Å². The van der Waals surface area contributed by atoms with E-state index in [9.17, 15) is 0 Å². The van der Waals surface area contributed by atoms with Crippen molar-refractivity contribution in [3.8, 4) is 11.5 Å². The van der Waals surface area contributed by atoms with Gasteiger partial charge in [0.2, 0.25) is 0 Å². The number of rotatable bonds is 5. The van der Waals surface area contributed by atoms with Crippen LogP contribution in [0.2, 0.25) is 0 Å². The first-order chi connectivity index (χ1) is 9.24. The number of hydrogen-bond donors (Lipinski definition) is 1. The summed E-state index contributed by atoms with van der Waals surface area (Å²) in [6.07, 6.45) is 4.03. The molecule has 0 spiro atoms. The Kier molecular flexibility index (Phi) is 4.30. The van der Waals surface area contributed by atoms with Gasteiger partial charge in [0.1, 0.15) is 5.82 Å². The fourth-order valence-corrected chi connectivity index (χ4v) is 1.85. The van der Waals surface area contributed by atoms with E-state index >= 15 is 0 Å². The molecule has 19 heavy (non-hydrogen) atoms. The molecule has 1 aromatic carbocycles. The van der Waals surface area contributed by atoms with E-state index in [0.717, 1.165) is 5.56 Å². The molecule has 0 saturated carbocycles. The molecule has 1 aromatic heterocycles. The Hall–Kier alpha value is -2.14. The van der Waals surface area contributed by atoms with E-state index in [1.165, 1.54) is 0 Å². The Morgan fingerprint density at radius 3 is 2.42 bits per heavy atom. The molecule has 2 aromatic rings. The lowest BCUT2D eigenvalue weighted by atomic mass is 10.1. The van der Waals surface area contributed by atoms with Crippen LogP contribution in [-0.4, -0.2) is 24.2 Å². The molecule has 1 unspecified atom stereocenters. The lowest BCUT2D eigenvalue weighted by molar-refractivity contribution is 0.354. The van der Waals surface area contributed by atoms with Crippen molar-refractivity contribution in [1.29, 1.82) is 0 Å². The first-order valence-corrected chi connectivity index (χ1v) is 5.98. The van der Waals surface area contributed by atoms with Gasteiger partial charge < -0.3 is 15.2 Å². The van der Waals surface area contributed by atoms with Crippen molar-refractivity contribution in [2.75, 3.05) is 14.2 Å². The highest BCUT2D eigenvalue weighted by atomic mass is 16.5. The zero-order valence-corrected chi connectivity index (χ0v) is 11.0. The molecule has 0 aliphatic carbocycles. The molecule has 0 aliphatic rings. The minimum atomic E-state index is -0.237. The summed E-state index contributed by atoms with van der Waals surface area (Å²) in [5.41, 5.74) is 7.15. The van der Waals surface area contributed by atoms with Gasteiger partial charge in [-0.1, -0.05) is 6.07 Å². The highest BCUT2D eigenvalue weighted by molar-refractivity contribution is 5.43. The number of nitrogens with two attached hydrogens (primary N) is 1. The van der Waals surface area contributed by atoms with E-state index in [0.29, 0.717) is 23.7 Å². The molecule has 5 nitrogen and oxygen atoms in total. The van der Waals surface area contributed by atoms with Gasteiger partial charge in [0.05, 0.1) is 20.3 Å². The Morgan fingerprint density at radius 1 is 1.11 bits per heavy atom. The lowest BCUT2D eigenvalue weighted by Gasteiger charge is -2.12. The van der Waals surface area contributed by atoms with Crippen molar-refractivity contribution in [3.63, 3.8) is 0 Å². The van der Waals surface area contributed by atoms with Gasteiger partial charge in [-0.15, -0.1) is 0 Å². The van der Waals surface area contributed by atoms with Gasteiger partial charge in [-0.05, 0) is 30.2 Å². The van der Waals surface area contributed by atoms with Gasteiger partial charge in [-0.2, -0.15) is 0 Å². The number of hydrogen-bond acceptors (Lipinski definition) is 5. The van der Waals surface area contributed by atoms with Crippen LogP contribution >= 0.6 is 0 Å². The van der Waals surface area contributed by atoms with Crippen LogP contribution in [0.4, 0.5) is 0 Å². The Labute approximate surface area is 112 Å². The zero-order valence-electron chi connectivity index (χ0n) is 11.0. The average Bonchev–Trinajstić information content (AvgIpc) is 2.48. The molecule has 0 bridgehead atoms. The highest BCUT2D eigenvalue weighted by Crippen LogP contribution is 2.28. The molecule has 0 fully saturated rings. The van der Waals surface area contributed by atoms with Gasteiger partial charge >= 0.3 is 0 Å². The number of ether oxygens (including phenoxy) is 2. The second-order valence-electron chi connectivity index (χ2n) is 4.11. The first-order valence-electron chi connectivity index (χ1n) is 5.98. The minimum absolute atomic E-state index is 0.237. The van der Waals surface area contributed by atoms with Crippen molar-refractivity contribution in [3.05, 3.63) is 48.0 Å². The van der Waals surface area contributed by atoms with Crippen LogP contribution in [-0.2, 0) is 6.42 Å². The smallest absolute Gasteiger partial charge is 0.160 e. The van der Waals surface area contributed by atoms with E-state index in [4.69, 9.17) is 15.2 Å². The maximum absolute atomic E-state index is 6.09. The third-order valence-corrected chi connectivity index (χ3v) is 2.82. The fourth-order valence-electron chi connectivity index (χ4n) is 1.85. The van der Waals surface area contributed by atoms with Crippen LogP contribution in [0.5, 0.6) is 11.5 Å². The molecule has 2 N–H and O–H groups in total. The van der Waals surface area contributed by atoms with E-state index in [-0.39, 0.29) is 6.04 Å². The summed E-state index contributed by atoms with van der Waals surface area (Å²) >= 11 is 0. The summed E-state index contributed by atoms with van der Waals surface area (Å²) < 4.78 is 10.5. The van der Waals surface area contributed by atoms with Crippen LogP contribution in [0.15, 0.2) is 36.7 Å². The van der Waals surface area contributed by atoms with Crippen LogP contribution in [0.3, 0.4) is 0 Å². The second-order valence-corrected chi connectivity index (χ2v) is 4.11. The largest absolute Gasteiger partial charge is 0.493 e.